The average molecular weight is 496 g/mol. The molecule has 184 valence electrons. The molecule has 4 aromatic rings. The van der Waals surface area contributed by atoms with Crippen LogP contribution in [0.15, 0.2) is 72.9 Å². The molecule has 3 heterocycles. The molecule has 2 atom stereocenters. The quantitative estimate of drug-likeness (QED) is 0.327. The SMILES string of the molecule is Cc1cc(C)cc(N2C(=S)N[C@H](c3ccccn3)[C@H]2c2cc(C)n(-c3ccc(N(C)C)cc3)c2C)c1. The Morgan fingerprint density at radius 3 is 2.17 bits per heavy atom. The van der Waals surface area contributed by atoms with Gasteiger partial charge in [-0.25, -0.2) is 0 Å². The zero-order valence-electron chi connectivity index (χ0n) is 21.8. The van der Waals surface area contributed by atoms with Crippen LogP contribution in [-0.2, 0) is 0 Å². The van der Waals surface area contributed by atoms with Gasteiger partial charge in [-0.3, -0.25) is 4.98 Å². The van der Waals surface area contributed by atoms with Gasteiger partial charge in [-0.2, -0.15) is 0 Å². The Kier molecular flexibility index (Phi) is 6.31. The van der Waals surface area contributed by atoms with Gasteiger partial charge in [-0.05, 0) is 111 Å². The molecule has 36 heavy (non-hydrogen) atoms. The molecule has 1 aliphatic rings. The molecule has 1 aliphatic heterocycles. The number of hydrogen-bond acceptors (Lipinski definition) is 3. The van der Waals surface area contributed by atoms with E-state index in [9.17, 15) is 0 Å². The van der Waals surface area contributed by atoms with Crippen molar-refractivity contribution in [2.75, 3.05) is 23.9 Å². The van der Waals surface area contributed by atoms with E-state index in [1.807, 2.05) is 18.3 Å². The van der Waals surface area contributed by atoms with E-state index in [4.69, 9.17) is 17.2 Å². The van der Waals surface area contributed by atoms with Crippen LogP contribution in [0.2, 0.25) is 0 Å². The van der Waals surface area contributed by atoms with Crippen molar-refractivity contribution in [1.82, 2.24) is 14.9 Å². The summed E-state index contributed by atoms with van der Waals surface area (Å²) in [7, 11) is 4.13. The highest BCUT2D eigenvalue weighted by Gasteiger charge is 2.42. The lowest BCUT2D eigenvalue weighted by Crippen LogP contribution is -2.29. The molecule has 0 spiro atoms. The van der Waals surface area contributed by atoms with Crippen LogP contribution < -0.4 is 15.1 Å². The van der Waals surface area contributed by atoms with Gasteiger partial charge < -0.3 is 19.7 Å². The van der Waals surface area contributed by atoms with Crippen LogP contribution >= 0.6 is 12.2 Å². The lowest BCUT2D eigenvalue weighted by atomic mass is 9.96. The number of hydrogen-bond donors (Lipinski definition) is 1. The molecule has 2 aromatic heterocycles. The number of benzene rings is 2. The van der Waals surface area contributed by atoms with E-state index in [0.717, 1.165) is 22.2 Å². The molecule has 0 aliphatic carbocycles. The van der Waals surface area contributed by atoms with Crippen molar-refractivity contribution in [3.05, 3.63) is 107 Å². The highest BCUT2D eigenvalue weighted by Crippen LogP contribution is 2.44. The summed E-state index contributed by atoms with van der Waals surface area (Å²) in [5.41, 5.74) is 10.5. The first-order chi connectivity index (χ1) is 17.2. The Balaban J connectivity index is 1.66. The van der Waals surface area contributed by atoms with Gasteiger partial charge in [0.05, 0.1) is 17.8 Å². The lowest BCUT2D eigenvalue weighted by Gasteiger charge is -2.29. The first kappa shape index (κ1) is 24.1. The molecule has 1 N–H and O–H groups in total. The third-order valence-electron chi connectivity index (χ3n) is 7.00. The van der Waals surface area contributed by atoms with Crippen molar-refractivity contribution < 1.29 is 0 Å². The normalized spacial score (nSPS) is 17.4. The van der Waals surface area contributed by atoms with Crippen molar-refractivity contribution in [2.45, 2.75) is 39.8 Å². The van der Waals surface area contributed by atoms with Gasteiger partial charge in [0.15, 0.2) is 5.11 Å². The minimum absolute atomic E-state index is 0.0328. The number of thiocarbonyl (C=S) groups is 1. The summed E-state index contributed by atoms with van der Waals surface area (Å²) in [5, 5.41) is 4.32. The van der Waals surface area contributed by atoms with Crippen molar-refractivity contribution in [1.29, 1.82) is 0 Å². The minimum atomic E-state index is -0.0652. The number of aryl methyl sites for hydroxylation is 3. The molecule has 2 aromatic carbocycles. The smallest absolute Gasteiger partial charge is 0.174 e. The van der Waals surface area contributed by atoms with E-state index in [0.29, 0.717) is 0 Å². The molecule has 6 heteroatoms. The topological polar surface area (TPSA) is 36.3 Å². The Labute approximate surface area is 219 Å². The molecule has 5 nitrogen and oxygen atoms in total. The molecular formula is C30H33N5S. The number of aromatic nitrogens is 2. The summed E-state index contributed by atoms with van der Waals surface area (Å²) in [6.07, 6.45) is 1.85. The van der Waals surface area contributed by atoms with Gasteiger partial charge in [0.1, 0.15) is 0 Å². The van der Waals surface area contributed by atoms with Gasteiger partial charge in [0.2, 0.25) is 0 Å². The van der Waals surface area contributed by atoms with Crippen LogP contribution in [0.3, 0.4) is 0 Å². The van der Waals surface area contributed by atoms with Crippen LogP contribution in [0.1, 0.15) is 45.9 Å². The predicted molar refractivity (Wildman–Crippen MR) is 153 cm³/mol. The summed E-state index contributed by atoms with van der Waals surface area (Å²) >= 11 is 5.95. The fourth-order valence-electron chi connectivity index (χ4n) is 5.42. The largest absolute Gasteiger partial charge is 0.378 e. The lowest BCUT2D eigenvalue weighted by molar-refractivity contribution is 0.565. The van der Waals surface area contributed by atoms with E-state index < -0.39 is 0 Å². The Morgan fingerprint density at radius 1 is 0.861 bits per heavy atom. The average Bonchev–Trinajstić information content (AvgIpc) is 3.34. The highest BCUT2D eigenvalue weighted by atomic mass is 32.1. The second-order valence-corrected chi connectivity index (χ2v) is 10.3. The van der Waals surface area contributed by atoms with Crippen molar-refractivity contribution in [3.8, 4) is 5.69 Å². The van der Waals surface area contributed by atoms with Crippen LogP contribution in [0.25, 0.3) is 5.69 Å². The molecule has 0 bridgehead atoms. The van der Waals surface area contributed by atoms with Gasteiger partial charge in [-0.1, -0.05) is 12.1 Å². The first-order valence-corrected chi connectivity index (χ1v) is 12.7. The third kappa shape index (κ3) is 4.26. The number of anilines is 2. The number of pyridine rings is 1. The number of rotatable bonds is 5. The Bertz CT molecular complexity index is 1390. The highest BCUT2D eigenvalue weighted by molar-refractivity contribution is 7.80. The maximum Gasteiger partial charge on any atom is 0.174 e. The van der Waals surface area contributed by atoms with Gasteiger partial charge in [-0.15, -0.1) is 0 Å². The van der Waals surface area contributed by atoms with E-state index in [-0.39, 0.29) is 12.1 Å². The molecule has 0 saturated carbocycles. The maximum atomic E-state index is 5.95. The molecule has 0 amide bonds. The third-order valence-corrected chi connectivity index (χ3v) is 7.31. The fourth-order valence-corrected chi connectivity index (χ4v) is 5.77. The second-order valence-electron chi connectivity index (χ2n) is 9.92. The minimum Gasteiger partial charge on any atom is -0.378 e. The second kappa shape index (κ2) is 9.43. The van der Waals surface area contributed by atoms with Crippen molar-refractivity contribution in [3.63, 3.8) is 0 Å². The summed E-state index contributed by atoms with van der Waals surface area (Å²) in [6, 6.07) is 23.6. The monoisotopic (exact) mass is 495 g/mol. The van der Waals surface area contributed by atoms with Gasteiger partial charge in [0.25, 0.3) is 0 Å². The van der Waals surface area contributed by atoms with Gasteiger partial charge >= 0.3 is 0 Å². The van der Waals surface area contributed by atoms with E-state index >= 15 is 0 Å². The van der Waals surface area contributed by atoms with Gasteiger partial charge in [0, 0.05) is 48.7 Å². The Morgan fingerprint density at radius 2 is 1.56 bits per heavy atom. The van der Waals surface area contributed by atoms with Crippen LogP contribution in [0, 0.1) is 27.7 Å². The zero-order chi connectivity index (χ0) is 25.6. The van der Waals surface area contributed by atoms with Crippen LogP contribution in [-0.4, -0.2) is 28.8 Å². The molecule has 0 unspecified atom stereocenters. The maximum absolute atomic E-state index is 5.95. The summed E-state index contributed by atoms with van der Waals surface area (Å²) < 4.78 is 2.34. The van der Waals surface area contributed by atoms with E-state index in [2.05, 4.69) is 116 Å². The molecule has 5 rings (SSSR count). The van der Waals surface area contributed by atoms with Crippen LogP contribution in [0.4, 0.5) is 11.4 Å². The van der Waals surface area contributed by atoms with E-state index in [1.54, 1.807) is 0 Å². The predicted octanol–water partition coefficient (Wildman–Crippen LogP) is 6.35. The fraction of sp³-hybridized carbons (Fsp3) is 0.267. The molecular weight excluding hydrogens is 462 g/mol. The van der Waals surface area contributed by atoms with Crippen molar-refractivity contribution >= 4 is 28.7 Å². The zero-order valence-corrected chi connectivity index (χ0v) is 22.6. The number of nitrogens with one attached hydrogen (secondary N) is 1. The summed E-state index contributed by atoms with van der Waals surface area (Å²) in [4.78, 5) is 9.11. The Hall–Kier alpha value is -3.64. The van der Waals surface area contributed by atoms with Crippen LogP contribution in [0.5, 0.6) is 0 Å². The number of nitrogens with zero attached hydrogens (tertiary/aromatic N) is 4. The molecule has 1 saturated heterocycles. The van der Waals surface area contributed by atoms with E-state index in [1.165, 1.54) is 33.8 Å². The van der Waals surface area contributed by atoms with Crippen molar-refractivity contribution in [2.24, 2.45) is 0 Å². The molecule has 0 radical (unpaired) electrons. The standard InChI is InChI=1S/C30H33N5S/c1-19-15-20(2)17-25(16-19)35-29(28(32-30(35)36)27-9-7-8-14-31-27)26-18-21(3)34(22(26)4)24-12-10-23(11-13-24)33(5)6/h7-18,28-29H,1-6H3,(H,32,36)/t28-,29-/m1/s1. The summed E-state index contributed by atoms with van der Waals surface area (Å²) in [6.45, 7) is 8.65. The summed E-state index contributed by atoms with van der Waals surface area (Å²) in [5.74, 6) is 0. The first-order valence-electron chi connectivity index (χ1n) is 12.3. The molecule has 1 fully saturated rings.